The molecule has 5 heteroatoms. The first-order chi connectivity index (χ1) is 12.5. The largest absolute Gasteiger partial charge is 0.305 e. The molecule has 0 saturated carbocycles. The van der Waals surface area contributed by atoms with E-state index in [1.165, 1.54) is 22.5 Å². The first kappa shape index (κ1) is 18.5. The van der Waals surface area contributed by atoms with E-state index in [9.17, 15) is 4.79 Å². The number of hydrogen-bond donors (Lipinski definition) is 0. The standard InChI is InChI=1S/C21H20N2OS2/c1-5-10-23-18-11-14(3)15(4)12-19(18)26-21(23)22-20(24)16-8-7-9-17(13-16)25-6-2/h1,7-9,11-13H,6,10H2,2-4H3. The molecule has 0 aliphatic carbocycles. The van der Waals surface area contributed by atoms with Gasteiger partial charge in [-0.15, -0.1) is 18.2 Å². The Labute approximate surface area is 161 Å². The third-order valence-corrected chi connectivity index (χ3v) is 6.05. The number of amides is 1. The van der Waals surface area contributed by atoms with Crippen LogP contribution < -0.4 is 4.80 Å². The van der Waals surface area contributed by atoms with E-state index in [0.29, 0.717) is 16.9 Å². The number of fused-ring (bicyclic) bond motifs is 1. The van der Waals surface area contributed by atoms with Crippen molar-refractivity contribution in [2.75, 3.05) is 5.75 Å². The molecular weight excluding hydrogens is 360 g/mol. The molecule has 0 fully saturated rings. The van der Waals surface area contributed by atoms with Crippen LogP contribution in [0.15, 0.2) is 46.3 Å². The summed E-state index contributed by atoms with van der Waals surface area (Å²) < 4.78 is 3.03. The highest BCUT2D eigenvalue weighted by molar-refractivity contribution is 7.99. The van der Waals surface area contributed by atoms with Crippen LogP contribution in [-0.4, -0.2) is 16.2 Å². The third kappa shape index (κ3) is 3.77. The van der Waals surface area contributed by atoms with Gasteiger partial charge in [-0.25, -0.2) is 0 Å². The maximum atomic E-state index is 12.7. The first-order valence-electron chi connectivity index (χ1n) is 8.39. The Balaban J connectivity index is 2.11. The summed E-state index contributed by atoms with van der Waals surface area (Å²) >= 11 is 3.21. The highest BCUT2D eigenvalue weighted by Gasteiger charge is 2.10. The molecule has 3 nitrogen and oxygen atoms in total. The fourth-order valence-electron chi connectivity index (χ4n) is 2.69. The Kier molecular flexibility index (Phi) is 5.65. The van der Waals surface area contributed by atoms with E-state index in [-0.39, 0.29) is 5.91 Å². The minimum absolute atomic E-state index is 0.241. The molecule has 26 heavy (non-hydrogen) atoms. The van der Waals surface area contributed by atoms with Crippen LogP contribution in [0.3, 0.4) is 0 Å². The van der Waals surface area contributed by atoms with Gasteiger partial charge in [0.05, 0.1) is 16.8 Å². The molecule has 1 aromatic heterocycles. The lowest BCUT2D eigenvalue weighted by Crippen LogP contribution is -2.16. The number of carbonyl (C=O) groups is 1. The second-order valence-corrected chi connectivity index (χ2v) is 8.30. The van der Waals surface area contributed by atoms with Gasteiger partial charge in [-0.05, 0) is 61.1 Å². The normalized spacial score (nSPS) is 11.7. The molecule has 3 rings (SSSR count). The van der Waals surface area contributed by atoms with Gasteiger partial charge >= 0.3 is 0 Å². The fraction of sp³-hybridized carbons (Fsp3) is 0.238. The number of thioether (sulfide) groups is 1. The Morgan fingerprint density at radius 1 is 1.27 bits per heavy atom. The highest BCUT2D eigenvalue weighted by Crippen LogP contribution is 2.22. The molecular formula is C21H20N2OS2. The topological polar surface area (TPSA) is 34.4 Å². The number of thiazole rings is 1. The Morgan fingerprint density at radius 3 is 2.77 bits per heavy atom. The molecule has 132 valence electrons. The van der Waals surface area contributed by atoms with Crippen LogP contribution in [0.5, 0.6) is 0 Å². The van der Waals surface area contributed by atoms with Crippen LogP contribution in [0.1, 0.15) is 28.4 Å². The zero-order valence-corrected chi connectivity index (χ0v) is 16.7. The van der Waals surface area contributed by atoms with E-state index < -0.39 is 0 Å². The molecule has 0 N–H and O–H groups in total. The van der Waals surface area contributed by atoms with E-state index in [0.717, 1.165) is 20.9 Å². The number of hydrogen-bond acceptors (Lipinski definition) is 3. The molecule has 0 saturated heterocycles. The molecule has 2 aromatic carbocycles. The van der Waals surface area contributed by atoms with Gasteiger partial charge in [0.1, 0.15) is 0 Å². The number of nitrogens with zero attached hydrogens (tertiary/aromatic N) is 2. The maximum absolute atomic E-state index is 12.7. The highest BCUT2D eigenvalue weighted by atomic mass is 32.2. The number of carbonyl (C=O) groups excluding carboxylic acids is 1. The number of rotatable bonds is 4. The fourth-order valence-corrected chi connectivity index (χ4v) is 4.51. The molecule has 0 atom stereocenters. The Morgan fingerprint density at radius 2 is 2.04 bits per heavy atom. The summed E-state index contributed by atoms with van der Waals surface area (Å²) in [6.07, 6.45) is 5.55. The van der Waals surface area contributed by atoms with Crippen LogP contribution >= 0.6 is 23.1 Å². The van der Waals surface area contributed by atoms with Crippen molar-refractivity contribution >= 4 is 39.2 Å². The van der Waals surface area contributed by atoms with Crippen molar-refractivity contribution in [3.63, 3.8) is 0 Å². The number of terminal acetylenes is 1. The summed E-state index contributed by atoms with van der Waals surface area (Å²) in [4.78, 5) is 18.8. The van der Waals surface area contributed by atoms with Crippen LogP contribution in [0.2, 0.25) is 0 Å². The summed E-state index contributed by atoms with van der Waals surface area (Å²) in [7, 11) is 0. The summed E-state index contributed by atoms with van der Waals surface area (Å²) in [6.45, 7) is 6.64. The lowest BCUT2D eigenvalue weighted by molar-refractivity contribution is 0.0997. The van der Waals surface area contributed by atoms with Crippen molar-refractivity contribution in [3.05, 3.63) is 57.9 Å². The second-order valence-electron chi connectivity index (χ2n) is 5.96. The number of aromatic nitrogens is 1. The van der Waals surface area contributed by atoms with Gasteiger partial charge in [-0.3, -0.25) is 4.79 Å². The smallest absolute Gasteiger partial charge is 0.279 e. The summed E-state index contributed by atoms with van der Waals surface area (Å²) in [5.41, 5.74) is 4.04. The van der Waals surface area contributed by atoms with E-state index in [1.54, 1.807) is 17.8 Å². The first-order valence-corrected chi connectivity index (χ1v) is 10.2. The average Bonchev–Trinajstić information content (AvgIpc) is 2.93. The summed E-state index contributed by atoms with van der Waals surface area (Å²) in [6, 6.07) is 11.8. The van der Waals surface area contributed by atoms with E-state index in [1.807, 2.05) is 22.8 Å². The van der Waals surface area contributed by atoms with Crippen molar-refractivity contribution in [1.82, 2.24) is 4.57 Å². The van der Waals surface area contributed by atoms with Crippen molar-refractivity contribution in [3.8, 4) is 12.3 Å². The zero-order chi connectivity index (χ0) is 18.7. The van der Waals surface area contributed by atoms with Gasteiger partial charge in [0.2, 0.25) is 0 Å². The third-order valence-electron chi connectivity index (χ3n) is 4.14. The van der Waals surface area contributed by atoms with Crippen LogP contribution in [0.25, 0.3) is 10.2 Å². The van der Waals surface area contributed by atoms with Crippen molar-refractivity contribution in [2.24, 2.45) is 4.99 Å². The van der Waals surface area contributed by atoms with Gasteiger partial charge in [-0.1, -0.05) is 30.2 Å². The molecule has 1 heterocycles. The molecule has 0 aliphatic heterocycles. The van der Waals surface area contributed by atoms with Crippen LogP contribution in [-0.2, 0) is 6.54 Å². The average molecular weight is 381 g/mol. The molecule has 0 radical (unpaired) electrons. The monoisotopic (exact) mass is 380 g/mol. The number of aryl methyl sites for hydroxylation is 2. The van der Waals surface area contributed by atoms with Gasteiger partial charge in [0.25, 0.3) is 5.91 Å². The summed E-state index contributed by atoms with van der Waals surface area (Å²) in [5.74, 6) is 3.39. The van der Waals surface area contributed by atoms with Gasteiger partial charge < -0.3 is 4.57 Å². The molecule has 0 unspecified atom stereocenters. The molecule has 0 bridgehead atoms. The maximum Gasteiger partial charge on any atom is 0.279 e. The van der Waals surface area contributed by atoms with Crippen LogP contribution in [0, 0.1) is 26.2 Å². The number of benzene rings is 2. The Hall–Kier alpha value is -2.29. The van der Waals surface area contributed by atoms with Gasteiger partial charge in [-0.2, -0.15) is 4.99 Å². The SMILES string of the molecule is C#CCn1c(=NC(=O)c2cccc(SCC)c2)sc2cc(C)c(C)cc21. The lowest BCUT2D eigenvalue weighted by Gasteiger charge is -2.03. The molecule has 1 amide bonds. The lowest BCUT2D eigenvalue weighted by atomic mass is 10.1. The van der Waals surface area contributed by atoms with Crippen molar-refractivity contribution < 1.29 is 4.79 Å². The zero-order valence-electron chi connectivity index (χ0n) is 15.1. The van der Waals surface area contributed by atoms with Crippen LogP contribution in [0.4, 0.5) is 0 Å². The minimum Gasteiger partial charge on any atom is -0.305 e. The van der Waals surface area contributed by atoms with E-state index in [2.05, 4.69) is 43.8 Å². The van der Waals surface area contributed by atoms with E-state index in [4.69, 9.17) is 6.42 Å². The Bertz CT molecular complexity index is 1080. The molecule has 0 aliphatic rings. The second kappa shape index (κ2) is 7.94. The van der Waals surface area contributed by atoms with Crippen molar-refractivity contribution in [1.29, 1.82) is 0 Å². The van der Waals surface area contributed by atoms with E-state index >= 15 is 0 Å². The predicted molar refractivity (Wildman–Crippen MR) is 111 cm³/mol. The van der Waals surface area contributed by atoms with Gasteiger partial charge in [0, 0.05) is 10.5 Å². The molecule has 0 spiro atoms. The molecule has 3 aromatic rings. The quantitative estimate of drug-likeness (QED) is 0.481. The van der Waals surface area contributed by atoms with Gasteiger partial charge in [0.15, 0.2) is 4.80 Å². The summed E-state index contributed by atoms with van der Waals surface area (Å²) in [5, 5.41) is 0. The predicted octanol–water partition coefficient (Wildman–Crippen LogP) is 4.81. The minimum atomic E-state index is -0.241. The van der Waals surface area contributed by atoms with Crippen molar-refractivity contribution in [2.45, 2.75) is 32.2 Å².